The van der Waals surface area contributed by atoms with E-state index in [2.05, 4.69) is 41.7 Å². The van der Waals surface area contributed by atoms with E-state index in [-0.39, 0.29) is 0 Å². The third kappa shape index (κ3) is 4.08. The Bertz CT molecular complexity index is 315. The summed E-state index contributed by atoms with van der Waals surface area (Å²) < 4.78 is 0. The quantitative estimate of drug-likeness (QED) is 0.847. The highest BCUT2D eigenvalue weighted by atomic mass is 32.1. The minimum Gasteiger partial charge on any atom is -0.309 e. The highest BCUT2D eigenvalue weighted by Crippen LogP contribution is 2.23. The topological polar surface area (TPSA) is 15.3 Å². The molecule has 1 aliphatic rings. The molecule has 2 heterocycles. The van der Waals surface area contributed by atoms with E-state index >= 15 is 0 Å². The van der Waals surface area contributed by atoms with Gasteiger partial charge in [-0.25, -0.2) is 0 Å². The second-order valence-corrected chi connectivity index (χ2v) is 6.44. The number of thiophene rings is 1. The lowest BCUT2D eigenvalue weighted by Crippen LogP contribution is -2.32. The van der Waals surface area contributed by atoms with Gasteiger partial charge in [0.05, 0.1) is 0 Å². The lowest BCUT2D eigenvalue weighted by Gasteiger charge is -2.29. The van der Waals surface area contributed by atoms with Gasteiger partial charge >= 0.3 is 0 Å². The van der Waals surface area contributed by atoms with Gasteiger partial charge in [0.15, 0.2) is 0 Å². The van der Waals surface area contributed by atoms with E-state index in [1.54, 1.807) is 0 Å². The van der Waals surface area contributed by atoms with Crippen LogP contribution in [-0.2, 0) is 0 Å². The summed E-state index contributed by atoms with van der Waals surface area (Å²) in [5.74, 6) is 0.939. The molecular formula is C15H26N2S. The van der Waals surface area contributed by atoms with Crippen molar-refractivity contribution in [1.29, 1.82) is 0 Å². The van der Waals surface area contributed by atoms with Crippen LogP contribution in [0.5, 0.6) is 0 Å². The maximum Gasteiger partial charge on any atom is 0.0412 e. The SMILES string of the molecule is CCC(NCCC1CCN(C)CC1)c1cccs1. The highest BCUT2D eigenvalue weighted by Gasteiger charge is 2.17. The van der Waals surface area contributed by atoms with Gasteiger partial charge in [-0.05, 0) is 69.7 Å². The standard InChI is InChI=1S/C15H26N2S/c1-3-14(15-5-4-12-18-15)16-9-6-13-7-10-17(2)11-8-13/h4-5,12-14,16H,3,6-11H2,1-2H3. The summed E-state index contributed by atoms with van der Waals surface area (Å²) in [5.41, 5.74) is 0. The van der Waals surface area contributed by atoms with Gasteiger partial charge in [0.25, 0.3) is 0 Å². The third-order valence-corrected chi connectivity index (χ3v) is 5.06. The molecule has 1 aromatic rings. The lowest BCUT2D eigenvalue weighted by atomic mass is 9.94. The minimum atomic E-state index is 0.566. The summed E-state index contributed by atoms with van der Waals surface area (Å²) in [6.45, 7) is 6.01. The molecule has 2 nitrogen and oxygen atoms in total. The van der Waals surface area contributed by atoms with Crippen molar-refractivity contribution in [3.8, 4) is 0 Å². The minimum absolute atomic E-state index is 0.566. The van der Waals surface area contributed by atoms with Crippen molar-refractivity contribution in [2.45, 2.75) is 38.6 Å². The van der Waals surface area contributed by atoms with Crippen LogP contribution >= 0.6 is 11.3 Å². The molecular weight excluding hydrogens is 240 g/mol. The summed E-state index contributed by atoms with van der Waals surface area (Å²) in [6.07, 6.45) is 5.30. The average molecular weight is 266 g/mol. The smallest absolute Gasteiger partial charge is 0.0412 e. The van der Waals surface area contributed by atoms with Gasteiger partial charge < -0.3 is 10.2 Å². The van der Waals surface area contributed by atoms with Crippen molar-refractivity contribution in [2.75, 3.05) is 26.7 Å². The molecule has 0 bridgehead atoms. The monoisotopic (exact) mass is 266 g/mol. The molecule has 0 aliphatic carbocycles. The van der Waals surface area contributed by atoms with Crippen molar-refractivity contribution >= 4 is 11.3 Å². The zero-order valence-corrected chi connectivity index (χ0v) is 12.5. The molecule has 0 spiro atoms. The summed E-state index contributed by atoms with van der Waals surface area (Å²) in [7, 11) is 2.23. The Morgan fingerprint density at radius 3 is 2.83 bits per heavy atom. The van der Waals surface area contributed by atoms with Crippen molar-refractivity contribution in [2.24, 2.45) is 5.92 Å². The van der Waals surface area contributed by atoms with Crippen LogP contribution in [-0.4, -0.2) is 31.6 Å². The molecule has 102 valence electrons. The Morgan fingerprint density at radius 1 is 1.44 bits per heavy atom. The fourth-order valence-electron chi connectivity index (χ4n) is 2.75. The van der Waals surface area contributed by atoms with Crippen LogP contribution in [0.25, 0.3) is 0 Å². The number of nitrogens with zero attached hydrogens (tertiary/aromatic N) is 1. The summed E-state index contributed by atoms with van der Waals surface area (Å²) in [4.78, 5) is 3.94. The third-order valence-electron chi connectivity index (χ3n) is 4.08. The highest BCUT2D eigenvalue weighted by molar-refractivity contribution is 7.10. The van der Waals surface area contributed by atoms with Crippen molar-refractivity contribution in [1.82, 2.24) is 10.2 Å². The van der Waals surface area contributed by atoms with E-state index in [1.165, 1.54) is 50.2 Å². The van der Waals surface area contributed by atoms with Crippen LogP contribution in [0.15, 0.2) is 17.5 Å². The first-order chi connectivity index (χ1) is 8.79. The van der Waals surface area contributed by atoms with Crippen LogP contribution < -0.4 is 5.32 Å². The molecule has 1 aromatic heterocycles. The predicted molar refractivity (Wildman–Crippen MR) is 80.2 cm³/mol. The number of piperidine rings is 1. The maximum atomic E-state index is 3.73. The number of hydrogen-bond donors (Lipinski definition) is 1. The van der Waals surface area contributed by atoms with E-state index in [0.717, 1.165) is 5.92 Å². The zero-order chi connectivity index (χ0) is 12.8. The Labute approximate surface area is 115 Å². The summed E-state index contributed by atoms with van der Waals surface area (Å²) in [5, 5.41) is 5.90. The summed E-state index contributed by atoms with van der Waals surface area (Å²) in [6, 6.07) is 4.97. The second-order valence-electron chi connectivity index (χ2n) is 5.47. The van der Waals surface area contributed by atoms with Crippen molar-refractivity contribution in [3.63, 3.8) is 0 Å². The Kier molecular flexibility index (Phi) is 5.67. The lowest BCUT2D eigenvalue weighted by molar-refractivity contribution is 0.210. The van der Waals surface area contributed by atoms with Crippen LogP contribution in [0.2, 0.25) is 0 Å². The summed E-state index contributed by atoms with van der Waals surface area (Å²) >= 11 is 1.87. The number of rotatable bonds is 6. The van der Waals surface area contributed by atoms with Gasteiger partial charge in [-0.1, -0.05) is 13.0 Å². The molecule has 0 aromatic carbocycles. The van der Waals surface area contributed by atoms with E-state index in [1.807, 2.05) is 11.3 Å². The molecule has 1 fully saturated rings. The average Bonchev–Trinajstić information content (AvgIpc) is 2.91. The van der Waals surface area contributed by atoms with E-state index in [0.29, 0.717) is 6.04 Å². The Morgan fingerprint density at radius 2 is 2.22 bits per heavy atom. The first kappa shape index (κ1) is 14.0. The molecule has 1 unspecified atom stereocenters. The van der Waals surface area contributed by atoms with Gasteiger partial charge in [-0.2, -0.15) is 0 Å². The van der Waals surface area contributed by atoms with Crippen molar-refractivity contribution in [3.05, 3.63) is 22.4 Å². The van der Waals surface area contributed by atoms with Gasteiger partial charge in [0.2, 0.25) is 0 Å². The van der Waals surface area contributed by atoms with Crippen LogP contribution in [0.4, 0.5) is 0 Å². The maximum absolute atomic E-state index is 3.73. The second kappa shape index (κ2) is 7.27. The molecule has 1 N–H and O–H groups in total. The van der Waals surface area contributed by atoms with Crippen LogP contribution in [0, 0.1) is 5.92 Å². The molecule has 0 radical (unpaired) electrons. The molecule has 1 saturated heterocycles. The van der Waals surface area contributed by atoms with E-state index < -0.39 is 0 Å². The first-order valence-electron chi connectivity index (χ1n) is 7.25. The first-order valence-corrected chi connectivity index (χ1v) is 8.13. The van der Waals surface area contributed by atoms with E-state index in [9.17, 15) is 0 Å². The molecule has 1 aliphatic heterocycles. The van der Waals surface area contributed by atoms with Crippen molar-refractivity contribution < 1.29 is 0 Å². The molecule has 3 heteroatoms. The number of hydrogen-bond acceptors (Lipinski definition) is 3. The van der Waals surface area contributed by atoms with Gasteiger partial charge in [-0.15, -0.1) is 11.3 Å². The largest absolute Gasteiger partial charge is 0.309 e. The molecule has 0 amide bonds. The van der Waals surface area contributed by atoms with Gasteiger partial charge in [0.1, 0.15) is 0 Å². The van der Waals surface area contributed by atoms with Crippen LogP contribution in [0.1, 0.15) is 43.5 Å². The fourth-order valence-corrected chi connectivity index (χ4v) is 3.63. The number of likely N-dealkylation sites (tertiary alicyclic amines) is 1. The molecule has 1 atom stereocenters. The van der Waals surface area contributed by atoms with E-state index in [4.69, 9.17) is 0 Å². The molecule has 2 rings (SSSR count). The molecule has 0 saturated carbocycles. The fraction of sp³-hybridized carbons (Fsp3) is 0.733. The zero-order valence-electron chi connectivity index (χ0n) is 11.7. The predicted octanol–water partition coefficient (Wildman–Crippen LogP) is 3.52. The van der Waals surface area contributed by atoms with Crippen LogP contribution in [0.3, 0.4) is 0 Å². The normalized spacial score (nSPS) is 20.1. The Hall–Kier alpha value is -0.380. The Balaban J connectivity index is 1.68. The van der Waals surface area contributed by atoms with Gasteiger partial charge in [0, 0.05) is 10.9 Å². The number of nitrogens with one attached hydrogen (secondary N) is 1. The van der Waals surface area contributed by atoms with Gasteiger partial charge in [-0.3, -0.25) is 0 Å². The molecule has 18 heavy (non-hydrogen) atoms.